The number of hydrogen-bond acceptors (Lipinski definition) is 3. The van der Waals surface area contributed by atoms with E-state index < -0.39 is 5.41 Å². The topological polar surface area (TPSA) is 35.0 Å². The van der Waals surface area contributed by atoms with Gasteiger partial charge in [0.15, 0.2) is 5.82 Å². The Hall–Kier alpha value is -7.36. The van der Waals surface area contributed by atoms with Crippen LogP contribution in [0, 0.1) is 0 Å². The van der Waals surface area contributed by atoms with Gasteiger partial charge < -0.3 is 4.74 Å². The number of nitrogens with zero attached hydrogens (tertiary/aromatic N) is 2. The summed E-state index contributed by atoms with van der Waals surface area (Å²) in [5.74, 6) is 2.51. The quantitative estimate of drug-likeness (QED) is 0.179. The van der Waals surface area contributed by atoms with Crippen LogP contribution in [-0.2, 0) is 10.8 Å². The Balaban J connectivity index is 1.10. The second kappa shape index (κ2) is 12.6. The van der Waals surface area contributed by atoms with E-state index in [2.05, 4.69) is 202 Å². The normalized spacial score (nSPS) is 14.3. The molecular formula is C56H38N2O. The zero-order chi connectivity index (χ0) is 39.3. The highest BCUT2D eigenvalue weighted by Gasteiger charge is 2.52. The lowest BCUT2D eigenvalue weighted by Crippen LogP contribution is -2.32. The van der Waals surface area contributed by atoms with Gasteiger partial charge in [-0.1, -0.05) is 184 Å². The minimum atomic E-state index is -0.553. The maximum absolute atomic E-state index is 6.97. The molecule has 0 saturated carbocycles. The molecule has 1 aromatic heterocycles. The van der Waals surface area contributed by atoms with E-state index in [0.29, 0.717) is 5.82 Å². The molecule has 0 fully saturated rings. The van der Waals surface area contributed by atoms with Crippen molar-refractivity contribution in [2.24, 2.45) is 0 Å². The van der Waals surface area contributed by atoms with Crippen molar-refractivity contribution in [2.45, 2.75) is 24.7 Å². The predicted octanol–water partition coefficient (Wildman–Crippen LogP) is 13.9. The molecule has 3 heteroatoms. The third-order valence-electron chi connectivity index (χ3n) is 13.0. The van der Waals surface area contributed by atoms with Gasteiger partial charge in [0, 0.05) is 33.2 Å². The highest BCUT2D eigenvalue weighted by Crippen LogP contribution is 2.64. The number of rotatable bonds is 4. The van der Waals surface area contributed by atoms with Crippen LogP contribution in [0.4, 0.5) is 0 Å². The van der Waals surface area contributed by atoms with E-state index in [0.717, 1.165) is 45.1 Å². The fraction of sp³-hybridized carbons (Fsp3) is 0.0714. The van der Waals surface area contributed by atoms with Crippen molar-refractivity contribution in [3.05, 3.63) is 228 Å². The molecule has 3 aliphatic rings. The van der Waals surface area contributed by atoms with Crippen molar-refractivity contribution in [2.75, 3.05) is 0 Å². The lowest BCUT2D eigenvalue weighted by molar-refractivity contribution is 0.435. The first kappa shape index (κ1) is 33.7. The Morgan fingerprint density at radius 2 is 0.898 bits per heavy atom. The lowest BCUT2D eigenvalue weighted by atomic mass is 9.65. The molecule has 0 amide bonds. The summed E-state index contributed by atoms with van der Waals surface area (Å²) in [7, 11) is 0. The Morgan fingerprint density at radius 3 is 1.61 bits per heavy atom. The molecule has 0 N–H and O–H groups in total. The molecule has 1 spiro atoms. The molecule has 1 aliphatic heterocycles. The van der Waals surface area contributed by atoms with Crippen molar-refractivity contribution in [1.29, 1.82) is 0 Å². The van der Waals surface area contributed by atoms with Gasteiger partial charge in [0.2, 0.25) is 0 Å². The van der Waals surface area contributed by atoms with Crippen molar-refractivity contribution < 1.29 is 4.74 Å². The van der Waals surface area contributed by atoms with Gasteiger partial charge in [-0.15, -0.1) is 0 Å². The number of benzene rings is 8. The first-order valence-corrected chi connectivity index (χ1v) is 20.4. The van der Waals surface area contributed by atoms with E-state index in [4.69, 9.17) is 14.7 Å². The molecule has 12 rings (SSSR count). The van der Waals surface area contributed by atoms with Gasteiger partial charge in [0.1, 0.15) is 11.5 Å². The Kier molecular flexibility index (Phi) is 7.19. The second-order valence-corrected chi connectivity index (χ2v) is 16.5. The summed E-state index contributed by atoms with van der Waals surface area (Å²) in [6, 6.07) is 69.7. The maximum atomic E-state index is 6.97. The largest absolute Gasteiger partial charge is 0.457 e. The standard InChI is InChI=1S/C56H38N2O/c1-55(2)46-26-15-22-41(50-34-49(57-54(58-50)38-18-7-4-8-19-38)37-30-28-36(29-31-37)35-16-5-3-6-17-35)53(46)42-32-48-52(33-47(42)55)59-51-27-14-13-25-45(51)56(48)43-23-11-9-20-39(43)40-21-10-12-24-44(40)56/h3-34H,1-2H3. The van der Waals surface area contributed by atoms with E-state index in [1.165, 1.54) is 61.2 Å². The summed E-state index contributed by atoms with van der Waals surface area (Å²) >= 11 is 0. The summed E-state index contributed by atoms with van der Waals surface area (Å²) in [5.41, 5.74) is 18.8. The minimum Gasteiger partial charge on any atom is -0.457 e. The van der Waals surface area contributed by atoms with Gasteiger partial charge in [-0.05, 0) is 79.9 Å². The highest BCUT2D eigenvalue weighted by atomic mass is 16.5. The smallest absolute Gasteiger partial charge is 0.160 e. The lowest BCUT2D eigenvalue weighted by Gasteiger charge is -2.40. The van der Waals surface area contributed by atoms with Crippen LogP contribution < -0.4 is 4.74 Å². The van der Waals surface area contributed by atoms with Gasteiger partial charge in [0.05, 0.1) is 16.8 Å². The van der Waals surface area contributed by atoms with E-state index in [1.807, 2.05) is 6.07 Å². The molecule has 0 atom stereocenters. The third kappa shape index (κ3) is 4.82. The average Bonchev–Trinajstić information content (AvgIpc) is 3.71. The number of para-hydroxylation sites is 1. The summed E-state index contributed by atoms with van der Waals surface area (Å²) in [6.45, 7) is 4.69. The summed E-state index contributed by atoms with van der Waals surface area (Å²) in [4.78, 5) is 10.6. The van der Waals surface area contributed by atoms with Crippen molar-refractivity contribution >= 4 is 0 Å². The Bertz CT molecular complexity index is 3100. The van der Waals surface area contributed by atoms with Crippen molar-refractivity contribution in [3.8, 4) is 78.8 Å². The molecule has 0 bridgehead atoms. The molecule has 278 valence electrons. The van der Waals surface area contributed by atoms with Crippen LogP contribution in [-0.4, -0.2) is 9.97 Å². The van der Waals surface area contributed by atoms with Gasteiger partial charge in [-0.3, -0.25) is 0 Å². The molecule has 3 nitrogen and oxygen atoms in total. The summed E-state index contributed by atoms with van der Waals surface area (Å²) < 4.78 is 6.97. The van der Waals surface area contributed by atoms with Gasteiger partial charge >= 0.3 is 0 Å². The van der Waals surface area contributed by atoms with Gasteiger partial charge in [-0.2, -0.15) is 0 Å². The maximum Gasteiger partial charge on any atom is 0.160 e. The number of fused-ring (bicyclic) bond motifs is 12. The molecule has 2 heterocycles. The van der Waals surface area contributed by atoms with E-state index in [-0.39, 0.29) is 5.41 Å². The molecular weight excluding hydrogens is 717 g/mol. The van der Waals surface area contributed by atoms with Crippen LogP contribution >= 0.6 is 0 Å². The van der Waals surface area contributed by atoms with Crippen LogP contribution in [0.1, 0.15) is 47.2 Å². The zero-order valence-electron chi connectivity index (χ0n) is 32.8. The number of ether oxygens (including phenoxy) is 1. The second-order valence-electron chi connectivity index (χ2n) is 16.5. The molecule has 0 saturated heterocycles. The molecule has 8 aromatic carbocycles. The van der Waals surface area contributed by atoms with Crippen LogP contribution in [0.15, 0.2) is 194 Å². The van der Waals surface area contributed by atoms with Crippen molar-refractivity contribution in [1.82, 2.24) is 9.97 Å². The number of aromatic nitrogens is 2. The summed E-state index contributed by atoms with van der Waals surface area (Å²) in [5, 5.41) is 0. The molecule has 2 aliphatic carbocycles. The Labute approximate surface area is 344 Å². The summed E-state index contributed by atoms with van der Waals surface area (Å²) in [6.07, 6.45) is 0. The third-order valence-corrected chi connectivity index (χ3v) is 13.0. The fourth-order valence-electron chi connectivity index (χ4n) is 10.3. The first-order valence-electron chi connectivity index (χ1n) is 20.4. The van der Waals surface area contributed by atoms with Crippen LogP contribution in [0.25, 0.3) is 67.3 Å². The van der Waals surface area contributed by atoms with Crippen LogP contribution in [0.2, 0.25) is 0 Å². The average molecular weight is 755 g/mol. The SMILES string of the molecule is CC1(C)c2cc3c(cc2-c2c(-c4cc(-c5ccc(-c6ccccc6)cc5)nc(-c5ccccc5)n4)cccc21)C1(c2ccccc2O3)c2ccccc2-c2ccccc21. The highest BCUT2D eigenvalue weighted by molar-refractivity contribution is 5.95. The van der Waals surface area contributed by atoms with Crippen LogP contribution in [0.5, 0.6) is 11.5 Å². The van der Waals surface area contributed by atoms with Gasteiger partial charge in [-0.25, -0.2) is 9.97 Å². The zero-order valence-corrected chi connectivity index (χ0v) is 32.8. The monoisotopic (exact) mass is 754 g/mol. The molecule has 0 unspecified atom stereocenters. The van der Waals surface area contributed by atoms with E-state index >= 15 is 0 Å². The molecule has 59 heavy (non-hydrogen) atoms. The fourth-order valence-corrected chi connectivity index (χ4v) is 10.3. The molecule has 9 aromatic rings. The Morgan fingerprint density at radius 1 is 0.356 bits per heavy atom. The first-order chi connectivity index (χ1) is 29.0. The van der Waals surface area contributed by atoms with E-state index in [1.54, 1.807) is 0 Å². The van der Waals surface area contributed by atoms with E-state index in [9.17, 15) is 0 Å². The number of hydrogen-bond donors (Lipinski definition) is 0. The van der Waals surface area contributed by atoms with Gasteiger partial charge in [0.25, 0.3) is 0 Å². The van der Waals surface area contributed by atoms with Crippen molar-refractivity contribution in [3.63, 3.8) is 0 Å². The molecule has 0 radical (unpaired) electrons. The van der Waals surface area contributed by atoms with Crippen LogP contribution in [0.3, 0.4) is 0 Å². The predicted molar refractivity (Wildman–Crippen MR) is 239 cm³/mol. The minimum absolute atomic E-state index is 0.292.